The number of guanidine groups is 1. The summed E-state index contributed by atoms with van der Waals surface area (Å²) in [6.45, 7) is 4.39. The van der Waals surface area contributed by atoms with E-state index in [0.29, 0.717) is 12.5 Å². The van der Waals surface area contributed by atoms with Gasteiger partial charge in [0.1, 0.15) is 0 Å². The molecule has 0 aromatic heterocycles. The van der Waals surface area contributed by atoms with Gasteiger partial charge in [-0.25, -0.2) is 10.9 Å². The Morgan fingerprint density at radius 1 is 1.19 bits per heavy atom. The van der Waals surface area contributed by atoms with Crippen molar-refractivity contribution in [3.8, 4) is 0 Å². The summed E-state index contributed by atoms with van der Waals surface area (Å²) in [5.74, 6) is 5.44. The number of hydrogen-bond donors (Lipinski definition) is 2. The maximum Gasteiger partial charge on any atom is 0.254 e. The van der Waals surface area contributed by atoms with Gasteiger partial charge in [-0.05, 0) is 49.2 Å². The molecular formula is C20H21N5O2. The van der Waals surface area contributed by atoms with Crippen LogP contribution in [0.3, 0.4) is 0 Å². The summed E-state index contributed by atoms with van der Waals surface area (Å²) in [4.78, 5) is 30.9. The van der Waals surface area contributed by atoms with Gasteiger partial charge in [0.2, 0.25) is 11.9 Å². The molecule has 1 unspecified atom stereocenters. The van der Waals surface area contributed by atoms with Gasteiger partial charge in [-0.15, -0.1) is 0 Å². The molecule has 4 rings (SSSR count). The molecule has 138 valence electrons. The van der Waals surface area contributed by atoms with Crippen LogP contribution in [0.2, 0.25) is 0 Å². The number of para-hydroxylation sites is 2. The van der Waals surface area contributed by atoms with E-state index in [1.54, 1.807) is 0 Å². The molecule has 2 aliphatic heterocycles. The predicted octanol–water partition coefficient (Wildman–Crippen LogP) is 2.34. The summed E-state index contributed by atoms with van der Waals surface area (Å²) >= 11 is 0. The van der Waals surface area contributed by atoms with E-state index in [1.165, 1.54) is 5.01 Å². The number of aryl methyl sites for hydroxylation is 2. The Bertz CT molecular complexity index is 969. The largest absolute Gasteiger partial charge is 0.326 e. The van der Waals surface area contributed by atoms with Crippen molar-refractivity contribution in [1.29, 1.82) is 0 Å². The molecule has 0 bridgehead atoms. The first-order valence-corrected chi connectivity index (χ1v) is 8.85. The number of nitrogens with one attached hydrogen (secondary N) is 1. The molecule has 2 aromatic carbocycles. The number of amides is 2. The topological polar surface area (TPSA) is 91.0 Å². The lowest BCUT2D eigenvalue weighted by Crippen LogP contribution is -2.49. The Kier molecular flexibility index (Phi) is 4.16. The molecule has 3 N–H and O–H groups in total. The van der Waals surface area contributed by atoms with Gasteiger partial charge < -0.3 is 10.2 Å². The van der Waals surface area contributed by atoms with Crippen LogP contribution in [0.15, 0.2) is 47.5 Å². The number of nitrogens with zero attached hydrogens (tertiary/aromatic N) is 3. The molecule has 0 saturated carbocycles. The first-order valence-electron chi connectivity index (χ1n) is 8.85. The quantitative estimate of drug-likeness (QED) is 0.817. The first kappa shape index (κ1) is 17.2. The van der Waals surface area contributed by atoms with Crippen molar-refractivity contribution in [2.75, 3.05) is 21.8 Å². The smallest absolute Gasteiger partial charge is 0.254 e. The van der Waals surface area contributed by atoms with Crippen LogP contribution >= 0.6 is 0 Å². The van der Waals surface area contributed by atoms with Crippen molar-refractivity contribution in [3.05, 3.63) is 53.6 Å². The van der Waals surface area contributed by atoms with E-state index in [-0.39, 0.29) is 18.2 Å². The van der Waals surface area contributed by atoms with E-state index < -0.39 is 5.92 Å². The summed E-state index contributed by atoms with van der Waals surface area (Å²) in [7, 11) is 0. The highest BCUT2D eigenvalue weighted by molar-refractivity contribution is 6.20. The number of benzene rings is 2. The fourth-order valence-corrected chi connectivity index (χ4v) is 3.43. The number of hydrazine groups is 1. The number of hydrogen-bond acceptors (Lipinski definition) is 5. The van der Waals surface area contributed by atoms with Crippen LogP contribution in [0.5, 0.6) is 0 Å². The van der Waals surface area contributed by atoms with Crippen molar-refractivity contribution in [3.63, 3.8) is 0 Å². The van der Waals surface area contributed by atoms with Crippen molar-refractivity contribution >= 4 is 34.8 Å². The van der Waals surface area contributed by atoms with Crippen LogP contribution in [0.1, 0.15) is 17.5 Å². The van der Waals surface area contributed by atoms with E-state index in [9.17, 15) is 9.59 Å². The number of carbonyl (C=O) groups excluding carboxylic acids is 2. The van der Waals surface area contributed by atoms with Crippen LogP contribution in [-0.2, 0) is 9.59 Å². The molecule has 1 atom stereocenters. The Morgan fingerprint density at radius 3 is 2.67 bits per heavy atom. The van der Waals surface area contributed by atoms with Gasteiger partial charge >= 0.3 is 0 Å². The summed E-state index contributed by atoms with van der Waals surface area (Å²) in [5, 5.41) is 4.29. The Balaban J connectivity index is 1.49. The Morgan fingerprint density at radius 2 is 1.93 bits per heavy atom. The van der Waals surface area contributed by atoms with Crippen LogP contribution in [0.4, 0.5) is 17.1 Å². The minimum atomic E-state index is -0.514. The second kappa shape index (κ2) is 6.51. The molecule has 2 heterocycles. The fourth-order valence-electron chi connectivity index (χ4n) is 3.43. The molecule has 2 aromatic rings. The summed E-state index contributed by atoms with van der Waals surface area (Å²) in [5.41, 5.74) is 4.69. The zero-order chi connectivity index (χ0) is 19.1. The van der Waals surface area contributed by atoms with E-state index >= 15 is 0 Å². The lowest BCUT2D eigenvalue weighted by atomic mass is 10.0. The number of nitrogens with two attached hydrogens (primary N) is 1. The molecule has 7 heteroatoms. The minimum Gasteiger partial charge on any atom is -0.326 e. The predicted molar refractivity (Wildman–Crippen MR) is 106 cm³/mol. The highest BCUT2D eigenvalue weighted by atomic mass is 16.2. The van der Waals surface area contributed by atoms with Gasteiger partial charge in [-0.3, -0.25) is 9.59 Å². The monoisotopic (exact) mass is 363 g/mol. The fraction of sp³-hybridized carbons (Fsp3) is 0.250. The maximum absolute atomic E-state index is 12.5. The van der Waals surface area contributed by atoms with Crippen molar-refractivity contribution in [2.45, 2.75) is 20.3 Å². The highest BCUT2D eigenvalue weighted by Gasteiger charge is 2.39. The molecular weight excluding hydrogens is 342 g/mol. The molecule has 0 spiro atoms. The Hall–Kier alpha value is -3.19. The van der Waals surface area contributed by atoms with Crippen LogP contribution in [0, 0.1) is 19.8 Å². The third kappa shape index (κ3) is 3.06. The summed E-state index contributed by atoms with van der Waals surface area (Å²) in [6.07, 6.45) is 0.0752. The minimum absolute atomic E-state index is 0.0752. The number of carbonyl (C=O) groups is 2. The summed E-state index contributed by atoms with van der Waals surface area (Å²) < 4.78 is 0. The number of fused-ring (bicyclic) bond motifs is 3. The zero-order valence-corrected chi connectivity index (χ0v) is 15.3. The summed E-state index contributed by atoms with van der Waals surface area (Å²) in [6, 6.07) is 13.4. The standard InChI is InChI=1S/C20H21N5O2/c1-12-7-8-15(9-13(12)2)22-18(26)10-14-11-24-16-5-3-4-6-17(16)25(21)20(24)23-19(14)27/h3-9,14H,10-11,21H2,1-2H3,(H,22,26). The van der Waals surface area contributed by atoms with Crippen LogP contribution < -0.4 is 21.1 Å². The molecule has 2 aliphatic rings. The van der Waals surface area contributed by atoms with E-state index in [2.05, 4.69) is 10.3 Å². The molecule has 7 nitrogen and oxygen atoms in total. The SMILES string of the molecule is Cc1ccc(NC(=O)CC2CN3C(=NC2=O)N(N)c2ccccc23)cc1C. The van der Waals surface area contributed by atoms with Crippen molar-refractivity contribution < 1.29 is 9.59 Å². The molecule has 0 radical (unpaired) electrons. The molecule has 2 amide bonds. The van der Waals surface area contributed by atoms with Gasteiger partial charge in [0.25, 0.3) is 5.91 Å². The molecule has 27 heavy (non-hydrogen) atoms. The van der Waals surface area contributed by atoms with Crippen LogP contribution in [0.25, 0.3) is 0 Å². The normalized spacial score (nSPS) is 18.1. The second-order valence-corrected chi connectivity index (χ2v) is 6.97. The third-order valence-corrected chi connectivity index (χ3v) is 5.07. The van der Waals surface area contributed by atoms with Gasteiger partial charge in [0.05, 0.1) is 17.3 Å². The zero-order valence-electron chi connectivity index (χ0n) is 15.3. The van der Waals surface area contributed by atoms with Gasteiger partial charge in [0, 0.05) is 18.7 Å². The Labute approximate surface area is 157 Å². The second-order valence-electron chi connectivity index (χ2n) is 6.97. The average molecular weight is 363 g/mol. The number of anilines is 3. The highest BCUT2D eigenvalue weighted by Crippen LogP contribution is 2.37. The van der Waals surface area contributed by atoms with E-state index in [0.717, 1.165) is 28.2 Å². The molecule has 0 saturated heterocycles. The van der Waals surface area contributed by atoms with E-state index in [4.69, 9.17) is 5.84 Å². The first-order chi connectivity index (χ1) is 12.9. The van der Waals surface area contributed by atoms with Gasteiger partial charge in [-0.1, -0.05) is 18.2 Å². The number of rotatable bonds is 3. The van der Waals surface area contributed by atoms with Crippen molar-refractivity contribution in [2.24, 2.45) is 16.8 Å². The molecule has 0 aliphatic carbocycles. The lowest BCUT2D eigenvalue weighted by Gasteiger charge is -2.28. The van der Waals surface area contributed by atoms with E-state index in [1.807, 2.05) is 61.2 Å². The lowest BCUT2D eigenvalue weighted by molar-refractivity contribution is -0.126. The van der Waals surface area contributed by atoms with Crippen molar-refractivity contribution in [1.82, 2.24) is 0 Å². The maximum atomic E-state index is 12.5. The molecule has 0 fully saturated rings. The third-order valence-electron chi connectivity index (χ3n) is 5.07. The van der Waals surface area contributed by atoms with Crippen LogP contribution in [-0.4, -0.2) is 24.3 Å². The average Bonchev–Trinajstić information content (AvgIpc) is 2.91. The van der Waals surface area contributed by atoms with Gasteiger partial charge in [0.15, 0.2) is 0 Å². The van der Waals surface area contributed by atoms with Gasteiger partial charge in [-0.2, -0.15) is 4.99 Å². The number of aliphatic imine (C=N–C) groups is 1.